The van der Waals surface area contributed by atoms with E-state index in [-0.39, 0.29) is 0 Å². The third-order valence-corrected chi connectivity index (χ3v) is 2.83. The highest BCUT2D eigenvalue weighted by molar-refractivity contribution is 6.17. The number of rotatable bonds is 4. The number of fused-ring (bicyclic) bond motifs is 1. The largest absolute Gasteiger partial charge is 0.331 e. The summed E-state index contributed by atoms with van der Waals surface area (Å²) in [6.45, 7) is 0. The lowest BCUT2D eigenvalue weighted by atomic mass is 10.2. The lowest BCUT2D eigenvalue weighted by molar-refractivity contribution is 0.722. The smallest absolute Gasteiger partial charge is 0.109 e. The Kier molecular flexibility index (Phi) is 3.21. The molecule has 80 valence electrons. The molecule has 3 nitrogen and oxygen atoms in total. The third kappa shape index (κ3) is 2.12. The van der Waals surface area contributed by atoms with Gasteiger partial charge in [-0.05, 0) is 18.9 Å². The maximum Gasteiger partial charge on any atom is 0.109 e. The van der Waals surface area contributed by atoms with Gasteiger partial charge in [-0.1, -0.05) is 0 Å². The molecular formula is C11H14ClN3. The standard InChI is InChI=1S/C11H14ClN3/c1-15-10-5-7-13-8-9(10)14-11(15)4-2-3-6-12/h5,7-8H,2-4,6H2,1H3. The van der Waals surface area contributed by atoms with Crippen LogP contribution in [0.5, 0.6) is 0 Å². The fourth-order valence-corrected chi connectivity index (χ4v) is 1.89. The SMILES string of the molecule is Cn1c(CCCCCl)nc2cnccc21. The van der Waals surface area contributed by atoms with Gasteiger partial charge in [0.1, 0.15) is 11.3 Å². The molecule has 2 aromatic heterocycles. The van der Waals surface area contributed by atoms with Crippen LogP contribution in [0.1, 0.15) is 18.7 Å². The Hall–Kier alpha value is -1.09. The zero-order chi connectivity index (χ0) is 10.7. The summed E-state index contributed by atoms with van der Waals surface area (Å²) in [5.41, 5.74) is 2.12. The topological polar surface area (TPSA) is 30.7 Å². The van der Waals surface area contributed by atoms with Crippen molar-refractivity contribution in [3.8, 4) is 0 Å². The molecule has 0 fully saturated rings. The van der Waals surface area contributed by atoms with E-state index in [0.29, 0.717) is 0 Å². The Bertz CT molecular complexity index is 450. The Balaban J connectivity index is 2.24. The fourth-order valence-electron chi connectivity index (χ4n) is 1.70. The van der Waals surface area contributed by atoms with Crippen molar-refractivity contribution in [2.24, 2.45) is 7.05 Å². The molecule has 2 rings (SSSR count). The van der Waals surface area contributed by atoms with Crippen LogP contribution in [0.2, 0.25) is 0 Å². The normalized spacial score (nSPS) is 11.1. The van der Waals surface area contributed by atoms with Crippen molar-refractivity contribution in [1.82, 2.24) is 14.5 Å². The number of halogens is 1. The van der Waals surface area contributed by atoms with E-state index < -0.39 is 0 Å². The minimum atomic E-state index is 0.728. The van der Waals surface area contributed by atoms with Gasteiger partial charge in [-0.2, -0.15) is 0 Å². The molecule has 0 amide bonds. The molecule has 0 aliphatic carbocycles. The summed E-state index contributed by atoms with van der Waals surface area (Å²) in [5, 5.41) is 0. The molecule has 0 N–H and O–H groups in total. The first-order chi connectivity index (χ1) is 7.33. The lowest BCUT2D eigenvalue weighted by Gasteiger charge is -2.00. The number of pyridine rings is 1. The van der Waals surface area contributed by atoms with Crippen LogP contribution < -0.4 is 0 Å². The molecule has 2 aromatic rings. The monoisotopic (exact) mass is 223 g/mol. The molecule has 0 aromatic carbocycles. The lowest BCUT2D eigenvalue weighted by Crippen LogP contribution is -1.98. The first kappa shape index (κ1) is 10.4. The molecule has 0 saturated carbocycles. The second-order valence-electron chi connectivity index (χ2n) is 3.60. The summed E-state index contributed by atoms with van der Waals surface area (Å²) in [6.07, 6.45) is 6.72. The van der Waals surface area contributed by atoms with Crippen LogP contribution >= 0.6 is 11.6 Å². The van der Waals surface area contributed by atoms with Crippen LogP contribution in [0.25, 0.3) is 11.0 Å². The van der Waals surface area contributed by atoms with Gasteiger partial charge in [-0.15, -0.1) is 11.6 Å². The van der Waals surface area contributed by atoms with Gasteiger partial charge in [0.15, 0.2) is 0 Å². The zero-order valence-corrected chi connectivity index (χ0v) is 9.54. The predicted octanol–water partition coefficient (Wildman–Crippen LogP) is 2.53. The van der Waals surface area contributed by atoms with Crippen molar-refractivity contribution in [3.63, 3.8) is 0 Å². The predicted molar refractivity (Wildman–Crippen MR) is 62.2 cm³/mol. The summed E-state index contributed by atoms with van der Waals surface area (Å²) in [7, 11) is 2.05. The average molecular weight is 224 g/mol. The number of hydrogen-bond donors (Lipinski definition) is 0. The van der Waals surface area contributed by atoms with E-state index in [4.69, 9.17) is 11.6 Å². The number of aryl methyl sites for hydroxylation is 2. The molecule has 0 unspecified atom stereocenters. The van der Waals surface area contributed by atoms with Crippen molar-refractivity contribution in [2.45, 2.75) is 19.3 Å². The summed E-state index contributed by atoms with van der Waals surface area (Å²) in [6, 6.07) is 1.99. The molecule has 0 aliphatic rings. The van der Waals surface area contributed by atoms with Gasteiger partial charge in [0.25, 0.3) is 0 Å². The van der Waals surface area contributed by atoms with Crippen LogP contribution in [0.3, 0.4) is 0 Å². The molecule has 0 bridgehead atoms. The maximum absolute atomic E-state index is 5.65. The van der Waals surface area contributed by atoms with Crippen LogP contribution in [0, 0.1) is 0 Å². The molecule has 15 heavy (non-hydrogen) atoms. The molecule has 0 spiro atoms. The Labute approximate surface area is 94.1 Å². The van der Waals surface area contributed by atoms with E-state index in [1.807, 2.05) is 13.1 Å². The fraction of sp³-hybridized carbons (Fsp3) is 0.455. The van der Waals surface area contributed by atoms with Gasteiger partial charge in [-0.3, -0.25) is 4.98 Å². The number of aromatic nitrogens is 3. The number of hydrogen-bond acceptors (Lipinski definition) is 2. The Morgan fingerprint density at radius 3 is 3.00 bits per heavy atom. The van der Waals surface area contributed by atoms with Crippen LogP contribution in [-0.4, -0.2) is 20.4 Å². The van der Waals surface area contributed by atoms with E-state index in [0.717, 1.165) is 42.0 Å². The van der Waals surface area contributed by atoms with Crippen molar-refractivity contribution >= 4 is 22.6 Å². The van der Waals surface area contributed by atoms with Gasteiger partial charge in [0, 0.05) is 25.5 Å². The molecule has 0 saturated heterocycles. The molecule has 0 atom stereocenters. The average Bonchev–Trinajstić information content (AvgIpc) is 2.57. The first-order valence-corrected chi connectivity index (χ1v) is 5.67. The highest BCUT2D eigenvalue weighted by Crippen LogP contribution is 2.14. The van der Waals surface area contributed by atoms with Crippen molar-refractivity contribution < 1.29 is 0 Å². The first-order valence-electron chi connectivity index (χ1n) is 5.14. The molecule has 0 aliphatic heterocycles. The summed E-state index contributed by atoms with van der Waals surface area (Å²) < 4.78 is 2.13. The van der Waals surface area contributed by atoms with E-state index >= 15 is 0 Å². The van der Waals surface area contributed by atoms with Crippen molar-refractivity contribution in [3.05, 3.63) is 24.3 Å². The molecule has 0 radical (unpaired) electrons. The van der Waals surface area contributed by atoms with Crippen LogP contribution in [0.15, 0.2) is 18.5 Å². The number of alkyl halides is 1. The van der Waals surface area contributed by atoms with E-state index in [1.165, 1.54) is 0 Å². The van der Waals surface area contributed by atoms with E-state index in [9.17, 15) is 0 Å². The highest BCUT2D eigenvalue weighted by Gasteiger charge is 2.06. The summed E-state index contributed by atoms with van der Waals surface area (Å²) >= 11 is 5.65. The molecule has 4 heteroatoms. The minimum absolute atomic E-state index is 0.728. The Morgan fingerprint density at radius 1 is 1.40 bits per heavy atom. The molecule has 2 heterocycles. The van der Waals surface area contributed by atoms with Gasteiger partial charge in [0.05, 0.1) is 11.7 Å². The molecular weight excluding hydrogens is 210 g/mol. The third-order valence-electron chi connectivity index (χ3n) is 2.56. The van der Waals surface area contributed by atoms with E-state index in [2.05, 4.69) is 14.5 Å². The van der Waals surface area contributed by atoms with Crippen molar-refractivity contribution in [2.75, 3.05) is 5.88 Å². The van der Waals surface area contributed by atoms with E-state index in [1.54, 1.807) is 12.4 Å². The number of unbranched alkanes of at least 4 members (excludes halogenated alkanes) is 1. The van der Waals surface area contributed by atoms with Crippen LogP contribution in [-0.2, 0) is 13.5 Å². The van der Waals surface area contributed by atoms with Gasteiger partial charge >= 0.3 is 0 Å². The summed E-state index contributed by atoms with van der Waals surface area (Å²) in [5.74, 6) is 1.84. The maximum atomic E-state index is 5.65. The highest BCUT2D eigenvalue weighted by atomic mass is 35.5. The van der Waals surface area contributed by atoms with Gasteiger partial charge in [-0.25, -0.2) is 4.98 Å². The Morgan fingerprint density at radius 2 is 2.27 bits per heavy atom. The second kappa shape index (κ2) is 4.62. The van der Waals surface area contributed by atoms with Crippen molar-refractivity contribution in [1.29, 1.82) is 0 Å². The summed E-state index contributed by atoms with van der Waals surface area (Å²) in [4.78, 5) is 8.61. The number of nitrogens with zero attached hydrogens (tertiary/aromatic N) is 3. The second-order valence-corrected chi connectivity index (χ2v) is 3.98. The van der Waals surface area contributed by atoms with Gasteiger partial charge < -0.3 is 4.57 Å². The minimum Gasteiger partial charge on any atom is -0.331 e. The quantitative estimate of drug-likeness (QED) is 0.589. The van der Waals surface area contributed by atoms with Crippen LogP contribution in [0.4, 0.5) is 0 Å². The van der Waals surface area contributed by atoms with Gasteiger partial charge in [0.2, 0.25) is 0 Å². The number of imidazole rings is 1. The zero-order valence-electron chi connectivity index (χ0n) is 8.78.